The summed E-state index contributed by atoms with van der Waals surface area (Å²) in [5.41, 5.74) is 21.8. The van der Waals surface area contributed by atoms with E-state index < -0.39 is 75.0 Å². The van der Waals surface area contributed by atoms with E-state index in [1.54, 1.807) is 137 Å². The van der Waals surface area contributed by atoms with Gasteiger partial charge in [0.05, 0.1) is 12.6 Å². The molecule has 0 aromatic heterocycles. The van der Waals surface area contributed by atoms with E-state index >= 15 is 0 Å². The number of carbonyl (C=O) groups is 7. The molecule has 34 nitrogen and oxygen atoms in total. The number of hydrazone groups is 1. The number of carboxylic acid groups (broad SMARTS) is 1. The third kappa shape index (κ3) is 78.6. The molecular weight excluding hydrogens is 1130 g/mol. The van der Waals surface area contributed by atoms with Crippen molar-refractivity contribution in [1.82, 2.24) is 48.8 Å². The van der Waals surface area contributed by atoms with E-state index in [9.17, 15) is 33.6 Å². The van der Waals surface area contributed by atoms with Crippen molar-refractivity contribution in [1.29, 1.82) is 5.26 Å². The van der Waals surface area contributed by atoms with Crippen LogP contribution in [0.3, 0.4) is 0 Å². The van der Waals surface area contributed by atoms with Crippen LogP contribution in [0.2, 0.25) is 0 Å². The molecule has 0 atom stereocenters. The van der Waals surface area contributed by atoms with Gasteiger partial charge in [-0.15, -0.1) is 15.2 Å². The van der Waals surface area contributed by atoms with Crippen molar-refractivity contribution >= 4 is 71.1 Å². The summed E-state index contributed by atoms with van der Waals surface area (Å²) in [6.07, 6.45) is -1.18. The van der Waals surface area contributed by atoms with E-state index in [-0.39, 0.29) is 66.5 Å². The molecular formula is C40H84AgN17O17S+. The number of esters is 2. The van der Waals surface area contributed by atoms with E-state index in [2.05, 4.69) is 63.9 Å². The number of rotatable bonds is 6. The van der Waals surface area contributed by atoms with Gasteiger partial charge in [-0.05, 0) is 131 Å². The second kappa shape index (κ2) is 42.4. The largest absolute Gasteiger partial charge is 1.00 e. The summed E-state index contributed by atoms with van der Waals surface area (Å²) >= 11 is 1.19. The fraction of sp³-hybridized carbons (Fsp3) is 0.725. The van der Waals surface area contributed by atoms with Gasteiger partial charge in [0.2, 0.25) is 11.9 Å². The molecule has 0 spiro atoms. The summed E-state index contributed by atoms with van der Waals surface area (Å²) in [5, 5.41) is 33.1. The number of amides is 4. The second-order valence-corrected chi connectivity index (χ2v) is 20.1. The molecule has 36 heteroatoms. The summed E-state index contributed by atoms with van der Waals surface area (Å²) in [4.78, 5) is 94.2. The molecule has 0 heterocycles. The molecule has 0 aliphatic rings. The van der Waals surface area contributed by atoms with Crippen LogP contribution in [0.25, 0.3) is 0 Å². The number of carboxylic acids is 1. The quantitative estimate of drug-likeness (QED) is 0.0264. The predicted octanol–water partition coefficient (Wildman–Crippen LogP) is 1.85. The molecule has 0 bridgehead atoms. The number of nitriles is 1. The van der Waals surface area contributed by atoms with E-state index in [4.69, 9.17) is 71.5 Å². The number of aliphatic carboxylic acids is 1. The Morgan fingerprint density at radius 3 is 1.14 bits per heavy atom. The van der Waals surface area contributed by atoms with Gasteiger partial charge in [0.15, 0.2) is 5.17 Å². The maximum absolute atomic E-state index is 11.8. The van der Waals surface area contributed by atoms with Crippen LogP contribution in [0.15, 0.2) is 15.1 Å². The van der Waals surface area contributed by atoms with Crippen molar-refractivity contribution in [2.75, 3.05) is 25.9 Å². The molecule has 0 saturated carbocycles. The molecule has 17 N–H and O–H groups in total. The van der Waals surface area contributed by atoms with Crippen LogP contribution < -0.4 is 66.3 Å². The number of ether oxygens (including phenoxy) is 6. The van der Waals surface area contributed by atoms with Crippen LogP contribution in [-0.4, -0.2) is 134 Å². The molecule has 0 aromatic carbocycles. The average molecular weight is 1220 g/mol. The van der Waals surface area contributed by atoms with Crippen LogP contribution in [0.1, 0.15) is 133 Å². The summed E-state index contributed by atoms with van der Waals surface area (Å²) < 4.78 is 30.2. The second-order valence-electron chi connectivity index (χ2n) is 19.3. The Morgan fingerprint density at radius 1 is 0.592 bits per heavy atom. The van der Waals surface area contributed by atoms with Gasteiger partial charge in [-0.25, -0.2) is 62.6 Å². The standard InChI is InChI=1S/C17H33N5O6.C12H24N4O4S.C6H13NO2.C3H9N5O2.C2H3N.Ag.HNO3/c1-15(2,3)26-11(23)10-18-12(19-21-13(24)27-16(4,5)6)20-22-14(25)28-17(7,8)9;1-11(2,3)19-9(17)15-13-8(21-7)14-16-10(18)20-12(4,5)6;1-6(2,3)9-5(8)4-7;4-7-3(8-5)6-1-2(9)10;1-2-3;;2-1(3)4/h10H2,1-9H3,(H,21,24)(H,22,25)(H2,18,19,20);1-7H3,(H,13,14)(H,15,17)(H,16,18);4,7H2,1-3H3;1,4-5H2,(H,9,10)(H2,6,7,8);1H3;;(H,2,3,4)/p+1. The minimum Gasteiger partial charge on any atom is -0.480 e. The van der Waals surface area contributed by atoms with Gasteiger partial charge < -0.3 is 44.5 Å². The average Bonchev–Trinajstić information content (AvgIpc) is 3.18. The Labute approximate surface area is 464 Å². The third-order valence-corrected chi connectivity index (χ3v) is 5.47. The van der Waals surface area contributed by atoms with Crippen LogP contribution in [0, 0.1) is 21.4 Å². The van der Waals surface area contributed by atoms with Crippen molar-refractivity contribution in [3.63, 3.8) is 0 Å². The molecule has 0 fully saturated rings. The van der Waals surface area contributed by atoms with Gasteiger partial charge in [-0.1, -0.05) is 11.8 Å². The maximum Gasteiger partial charge on any atom is 1.00 e. The fourth-order valence-electron chi connectivity index (χ4n) is 3.05. The minimum absolute atomic E-state index is 0. The SMILES string of the molecule is CC#N.CC(C)(C)OC(=O)CN.CC(C)(C)OC(=O)CN=C(NNC(=O)OC(C)(C)C)NNC(=O)OC(C)(C)C.CSC(=NNC(=O)OC(C)(C)C)NNC(=O)OC(C)(C)C.NNC(=NCC(=O)O)NN.O=[N+]([O-])O.[Ag].[H+]. The Bertz CT molecular complexity index is 1850. The van der Waals surface area contributed by atoms with E-state index in [1.165, 1.54) is 18.7 Å². The number of aliphatic imine (C=N–C) groups is 2. The molecule has 76 heavy (non-hydrogen) atoms. The normalized spacial score (nSPS) is 10.5. The molecule has 0 rings (SSSR count). The number of nitrogens with one attached hydrogen (secondary N) is 9. The van der Waals surface area contributed by atoms with Crippen molar-refractivity contribution in [2.24, 2.45) is 32.5 Å². The molecule has 0 unspecified atom stereocenters. The summed E-state index contributed by atoms with van der Waals surface area (Å²) in [6, 6.07) is 1.75. The van der Waals surface area contributed by atoms with Crippen molar-refractivity contribution in [3.8, 4) is 6.07 Å². The molecule has 1 radical (unpaired) electrons. The number of hydrogen-bond acceptors (Lipinski definition) is 23. The first-order valence-corrected chi connectivity index (χ1v) is 22.8. The monoisotopic (exact) mass is 1210 g/mol. The Balaban J connectivity index is -0.000000141. The van der Waals surface area contributed by atoms with E-state index in [0.717, 1.165) is 0 Å². The van der Waals surface area contributed by atoms with Gasteiger partial charge in [0, 0.05) is 29.3 Å². The first-order valence-electron chi connectivity index (χ1n) is 21.6. The zero-order valence-electron chi connectivity index (χ0n) is 47.8. The van der Waals surface area contributed by atoms with Crippen LogP contribution in [0.5, 0.6) is 0 Å². The van der Waals surface area contributed by atoms with E-state index in [1.807, 2.05) is 0 Å². The van der Waals surface area contributed by atoms with Gasteiger partial charge >= 0.3 is 43.7 Å². The van der Waals surface area contributed by atoms with Crippen LogP contribution in [0.4, 0.5) is 19.2 Å². The third-order valence-electron chi connectivity index (χ3n) is 4.89. The van der Waals surface area contributed by atoms with Crippen molar-refractivity contribution < 1.29 is 101 Å². The maximum atomic E-state index is 11.8. The van der Waals surface area contributed by atoms with Crippen LogP contribution in [-0.2, 0) is 65.2 Å². The molecule has 447 valence electrons. The number of hydrogen-bond donors (Lipinski definition) is 14. The number of amidine groups is 1. The minimum atomic E-state index is -1.50. The number of thioether (sulfide) groups is 1. The van der Waals surface area contributed by atoms with Gasteiger partial charge in [0.25, 0.3) is 5.09 Å². The zero-order chi connectivity index (χ0) is 60.6. The topological polar surface area (TPSA) is 506 Å². The first-order chi connectivity index (χ1) is 33.7. The number of carbonyl (C=O) groups excluding carboxylic acids is 6. The smallest absolute Gasteiger partial charge is 0.480 e. The van der Waals surface area contributed by atoms with Crippen molar-refractivity contribution in [3.05, 3.63) is 10.1 Å². The van der Waals surface area contributed by atoms with Gasteiger partial charge in [0.1, 0.15) is 46.7 Å². The molecule has 0 aliphatic heterocycles. The summed E-state index contributed by atoms with van der Waals surface area (Å²) in [6.45, 7) is 31.9. The van der Waals surface area contributed by atoms with E-state index in [0.29, 0.717) is 0 Å². The summed E-state index contributed by atoms with van der Waals surface area (Å²) in [5.74, 6) is 7.59. The van der Waals surface area contributed by atoms with Crippen molar-refractivity contribution in [2.45, 2.75) is 165 Å². The molecule has 0 aliphatic carbocycles. The predicted molar refractivity (Wildman–Crippen MR) is 277 cm³/mol. The Morgan fingerprint density at radius 2 is 0.882 bits per heavy atom. The van der Waals surface area contributed by atoms with Gasteiger partial charge in [-0.2, -0.15) is 5.26 Å². The molecule has 4 amide bonds. The Hall–Kier alpha value is -6.84. The fourth-order valence-corrected chi connectivity index (χ4v) is 3.34. The zero-order valence-corrected chi connectivity index (χ0v) is 49.1. The number of nitrogens with two attached hydrogens (primary N) is 3. The molecule has 0 aromatic rings. The number of hydrazine groups is 5. The van der Waals surface area contributed by atoms with Crippen LogP contribution >= 0.6 is 11.8 Å². The number of guanidine groups is 2. The summed E-state index contributed by atoms with van der Waals surface area (Å²) in [7, 11) is 0. The number of nitrogens with zero attached hydrogens (tertiary/aromatic N) is 5. The first kappa shape index (κ1) is 83.2. The molecule has 0 saturated heterocycles. The van der Waals surface area contributed by atoms with Gasteiger partial charge in [-0.3, -0.25) is 41.5 Å². The Kier molecular flexibility index (Phi) is 46.4.